The van der Waals surface area contributed by atoms with Crippen molar-refractivity contribution in [3.63, 3.8) is 0 Å². The molecule has 0 radical (unpaired) electrons. The molecule has 2 rings (SSSR count). The lowest BCUT2D eigenvalue weighted by Gasteiger charge is -2.39. The van der Waals surface area contributed by atoms with E-state index in [-0.39, 0.29) is 0 Å². The lowest BCUT2D eigenvalue weighted by molar-refractivity contribution is 0.627. The molecule has 1 aliphatic rings. The molecule has 2 N–H and O–H groups in total. The second-order valence-electron chi connectivity index (χ2n) is 4.27. The van der Waals surface area contributed by atoms with Crippen LogP contribution in [-0.4, -0.2) is 33.6 Å². The number of nitrogens with zero attached hydrogens (tertiary/aromatic N) is 2. The number of thiocarbonyl (C=S) groups is 1. The van der Waals surface area contributed by atoms with E-state index in [1.165, 1.54) is 5.69 Å². The second kappa shape index (κ2) is 5.23. The molecule has 0 aliphatic carbocycles. The van der Waals surface area contributed by atoms with Crippen molar-refractivity contribution in [2.24, 2.45) is 5.73 Å². The van der Waals surface area contributed by atoms with Crippen LogP contribution in [-0.2, 0) is 0 Å². The minimum atomic E-state index is 0.360. The van der Waals surface area contributed by atoms with Crippen LogP contribution in [0.3, 0.4) is 0 Å². The SMILES string of the molecule is CC1SCCN(c2ccnc(C(N)=S)c2)C1C. The van der Waals surface area contributed by atoms with Crippen LogP contribution in [0.15, 0.2) is 18.3 Å². The number of thioether (sulfide) groups is 1. The average molecular weight is 267 g/mol. The number of hydrogen-bond donors (Lipinski definition) is 1. The molecule has 1 aromatic rings. The van der Waals surface area contributed by atoms with E-state index >= 15 is 0 Å². The molecule has 5 heteroatoms. The second-order valence-corrected chi connectivity index (χ2v) is 6.20. The van der Waals surface area contributed by atoms with Crippen molar-refractivity contribution in [3.8, 4) is 0 Å². The van der Waals surface area contributed by atoms with E-state index in [0.717, 1.165) is 12.3 Å². The molecule has 1 fully saturated rings. The van der Waals surface area contributed by atoms with Crippen LogP contribution < -0.4 is 10.6 Å². The quantitative estimate of drug-likeness (QED) is 0.831. The summed E-state index contributed by atoms with van der Waals surface area (Å²) in [4.78, 5) is 6.95. The highest BCUT2D eigenvalue weighted by molar-refractivity contribution is 8.00. The zero-order valence-electron chi connectivity index (χ0n) is 10.1. The molecule has 92 valence electrons. The van der Waals surface area contributed by atoms with Crippen LogP contribution in [0.25, 0.3) is 0 Å². The summed E-state index contributed by atoms with van der Waals surface area (Å²) in [6.07, 6.45) is 1.78. The van der Waals surface area contributed by atoms with Crippen LogP contribution >= 0.6 is 24.0 Å². The van der Waals surface area contributed by atoms with Gasteiger partial charge in [0.05, 0.1) is 5.69 Å². The van der Waals surface area contributed by atoms with E-state index < -0.39 is 0 Å². The van der Waals surface area contributed by atoms with Gasteiger partial charge in [-0.15, -0.1) is 0 Å². The molecular weight excluding hydrogens is 250 g/mol. The minimum absolute atomic E-state index is 0.360. The van der Waals surface area contributed by atoms with Gasteiger partial charge in [-0.25, -0.2) is 0 Å². The van der Waals surface area contributed by atoms with Crippen molar-refractivity contribution in [1.82, 2.24) is 4.98 Å². The summed E-state index contributed by atoms with van der Waals surface area (Å²) < 4.78 is 0. The summed E-state index contributed by atoms with van der Waals surface area (Å²) >= 11 is 7.00. The third kappa shape index (κ3) is 2.72. The first-order valence-electron chi connectivity index (χ1n) is 5.73. The predicted molar refractivity (Wildman–Crippen MR) is 78.9 cm³/mol. The van der Waals surface area contributed by atoms with Gasteiger partial charge in [-0.2, -0.15) is 11.8 Å². The number of aromatic nitrogens is 1. The number of nitrogens with two attached hydrogens (primary N) is 1. The first-order chi connectivity index (χ1) is 8.09. The molecule has 0 aromatic carbocycles. The number of hydrogen-bond acceptors (Lipinski definition) is 4. The summed E-state index contributed by atoms with van der Waals surface area (Å²) in [6.45, 7) is 5.60. The topological polar surface area (TPSA) is 42.2 Å². The van der Waals surface area contributed by atoms with Gasteiger partial charge in [-0.05, 0) is 19.1 Å². The monoisotopic (exact) mass is 267 g/mol. The van der Waals surface area contributed by atoms with Gasteiger partial charge in [0.15, 0.2) is 0 Å². The third-order valence-electron chi connectivity index (χ3n) is 3.21. The largest absolute Gasteiger partial charge is 0.388 e. The number of anilines is 1. The van der Waals surface area contributed by atoms with Gasteiger partial charge >= 0.3 is 0 Å². The highest BCUT2D eigenvalue weighted by atomic mass is 32.2. The molecule has 2 unspecified atom stereocenters. The third-order valence-corrected chi connectivity index (χ3v) is 4.76. The van der Waals surface area contributed by atoms with Gasteiger partial charge in [0.25, 0.3) is 0 Å². The Bertz CT molecular complexity index is 422. The van der Waals surface area contributed by atoms with Gasteiger partial charge < -0.3 is 10.6 Å². The van der Waals surface area contributed by atoms with Crippen molar-refractivity contribution >= 4 is 34.7 Å². The van der Waals surface area contributed by atoms with E-state index in [1.54, 1.807) is 6.20 Å². The van der Waals surface area contributed by atoms with Crippen LogP contribution in [0, 0.1) is 0 Å². The smallest absolute Gasteiger partial charge is 0.122 e. The van der Waals surface area contributed by atoms with Gasteiger partial charge in [-0.3, -0.25) is 4.98 Å². The highest BCUT2D eigenvalue weighted by Gasteiger charge is 2.25. The van der Waals surface area contributed by atoms with E-state index in [1.807, 2.05) is 23.9 Å². The molecule has 0 saturated carbocycles. The lowest BCUT2D eigenvalue weighted by Crippen LogP contribution is -2.44. The van der Waals surface area contributed by atoms with Crippen molar-refractivity contribution in [2.75, 3.05) is 17.2 Å². The van der Waals surface area contributed by atoms with Crippen LogP contribution in [0.4, 0.5) is 5.69 Å². The summed E-state index contributed by atoms with van der Waals surface area (Å²) in [5.74, 6) is 1.16. The molecule has 1 aliphatic heterocycles. The summed E-state index contributed by atoms with van der Waals surface area (Å²) in [5.41, 5.74) is 7.49. The Morgan fingerprint density at radius 1 is 1.59 bits per heavy atom. The molecule has 0 bridgehead atoms. The molecule has 3 nitrogen and oxygen atoms in total. The molecule has 2 atom stereocenters. The number of pyridine rings is 1. The normalized spacial score (nSPS) is 24.7. The summed E-state index contributed by atoms with van der Waals surface area (Å²) in [5, 5.41) is 0.644. The fourth-order valence-electron chi connectivity index (χ4n) is 2.03. The minimum Gasteiger partial charge on any atom is -0.388 e. The fraction of sp³-hybridized carbons (Fsp3) is 0.500. The first kappa shape index (κ1) is 12.6. The van der Waals surface area contributed by atoms with E-state index in [9.17, 15) is 0 Å². The van der Waals surface area contributed by atoms with Gasteiger partial charge in [0, 0.05) is 35.5 Å². The Morgan fingerprint density at radius 3 is 3.06 bits per heavy atom. The molecular formula is C12H17N3S2. The molecule has 2 heterocycles. The van der Waals surface area contributed by atoms with Gasteiger partial charge in [0.2, 0.25) is 0 Å². The van der Waals surface area contributed by atoms with E-state index in [2.05, 4.69) is 23.7 Å². The maximum absolute atomic E-state index is 5.62. The first-order valence-corrected chi connectivity index (χ1v) is 7.19. The zero-order chi connectivity index (χ0) is 12.4. The molecule has 0 spiro atoms. The average Bonchev–Trinajstić information content (AvgIpc) is 2.33. The van der Waals surface area contributed by atoms with Crippen LogP contribution in [0.1, 0.15) is 19.5 Å². The van der Waals surface area contributed by atoms with E-state index in [4.69, 9.17) is 18.0 Å². The number of rotatable bonds is 2. The summed E-state index contributed by atoms with van der Waals surface area (Å²) in [7, 11) is 0. The maximum atomic E-state index is 5.62. The Kier molecular flexibility index (Phi) is 3.89. The van der Waals surface area contributed by atoms with Gasteiger partial charge in [0.1, 0.15) is 4.99 Å². The van der Waals surface area contributed by atoms with Crippen molar-refractivity contribution in [1.29, 1.82) is 0 Å². The Balaban J connectivity index is 2.26. The standard InChI is InChI=1S/C12H17N3S2/c1-8-9(2)17-6-5-15(8)10-3-4-14-11(7-10)12(13)16/h3-4,7-9H,5-6H2,1-2H3,(H2,13,16). The fourth-order valence-corrected chi connectivity index (χ4v) is 3.24. The molecule has 1 saturated heterocycles. The van der Waals surface area contributed by atoms with Crippen LogP contribution in [0.2, 0.25) is 0 Å². The van der Waals surface area contributed by atoms with Crippen molar-refractivity contribution < 1.29 is 0 Å². The lowest BCUT2D eigenvalue weighted by atomic mass is 10.1. The Hall–Kier alpha value is -0.810. The van der Waals surface area contributed by atoms with E-state index in [0.29, 0.717) is 22.0 Å². The highest BCUT2D eigenvalue weighted by Crippen LogP contribution is 2.28. The zero-order valence-corrected chi connectivity index (χ0v) is 11.7. The molecule has 17 heavy (non-hydrogen) atoms. The van der Waals surface area contributed by atoms with Gasteiger partial charge in [-0.1, -0.05) is 19.1 Å². The van der Waals surface area contributed by atoms with Crippen LogP contribution in [0.5, 0.6) is 0 Å². The summed E-state index contributed by atoms with van der Waals surface area (Å²) in [6, 6.07) is 4.54. The van der Waals surface area contributed by atoms with Crippen molar-refractivity contribution in [2.45, 2.75) is 25.1 Å². The molecule has 0 amide bonds. The predicted octanol–water partition coefficient (Wildman–Crippen LogP) is 2.05. The molecule has 1 aromatic heterocycles. The maximum Gasteiger partial charge on any atom is 0.122 e. The Morgan fingerprint density at radius 2 is 2.35 bits per heavy atom. The Labute approximate surface area is 112 Å². The van der Waals surface area contributed by atoms with Crippen molar-refractivity contribution in [3.05, 3.63) is 24.0 Å².